The van der Waals surface area contributed by atoms with Gasteiger partial charge in [0.1, 0.15) is 11.6 Å². The normalized spacial score (nSPS) is 30.9. The third-order valence-electron chi connectivity index (χ3n) is 1.39. The van der Waals surface area contributed by atoms with E-state index in [0.29, 0.717) is 6.42 Å². The predicted octanol–water partition coefficient (Wildman–Crippen LogP) is 0.694. The third-order valence-corrected chi connectivity index (χ3v) is 2.23. The van der Waals surface area contributed by atoms with E-state index in [1.807, 2.05) is 0 Å². The smallest absolute Gasteiger partial charge is 0.230 e. The third kappa shape index (κ3) is 0.627. The molecule has 0 aromatic heterocycles. The van der Waals surface area contributed by atoms with Gasteiger partial charge in [-0.2, -0.15) is 0 Å². The van der Waals surface area contributed by atoms with Crippen molar-refractivity contribution in [3.8, 4) is 0 Å². The number of nitrogens with zero attached hydrogens (tertiary/aromatic N) is 1. The lowest BCUT2D eigenvalue weighted by atomic mass is 10.2. The summed E-state index contributed by atoms with van der Waals surface area (Å²) in [5, 5.41) is 0.252. The summed E-state index contributed by atoms with van der Waals surface area (Å²) in [5.74, 6) is 0.187. The predicted molar refractivity (Wildman–Crippen MR) is 33.1 cm³/mol. The molecule has 1 fully saturated rings. The van der Waals surface area contributed by atoms with E-state index >= 15 is 0 Å². The van der Waals surface area contributed by atoms with Crippen molar-refractivity contribution in [1.29, 1.82) is 0 Å². The first-order valence-electron chi connectivity index (χ1n) is 2.68. The van der Waals surface area contributed by atoms with Gasteiger partial charge in [0.25, 0.3) is 0 Å². The van der Waals surface area contributed by atoms with Crippen LogP contribution in [0.25, 0.3) is 0 Å². The molecule has 1 saturated heterocycles. The minimum Gasteiger partial charge on any atom is -0.430 e. The number of amides is 1. The van der Waals surface area contributed by atoms with Gasteiger partial charge in [0.15, 0.2) is 0 Å². The highest BCUT2D eigenvalue weighted by atomic mass is 32.2. The van der Waals surface area contributed by atoms with Crippen LogP contribution in [0.4, 0.5) is 0 Å². The summed E-state index contributed by atoms with van der Waals surface area (Å²) >= 11 is 1.33. The number of carbonyl (C=O) groups is 1. The van der Waals surface area contributed by atoms with Crippen LogP contribution in [-0.2, 0) is 8.98 Å². The summed E-state index contributed by atoms with van der Waals surface area (Å²) in [5.41, 5.74) is 0. The van der Waals surface area contributed by atoms with Gasteiger partial charge >= 0.3 is 0 Å². The van der Waals surface area contributed by atoms with Crippen molar-refractivity contribution in [2.75, 3.05) is 0 Å². The fraction of sp³-hybridized carbons (Fsp3) is 0.400. The van der Waals surface area contributed by atoms with Gasteiger partial charge in [-0.15, -0.1) is 0 Å². The maximum Gasteiger partial charge on any atom is 0.230 e. The summed E-state index contributed by atoms with van der Waals surface area (Å²) in [6, 6.07) is 0. The van der Waals surface area contributed by atoms with E-state index < -0.39 is 0 Å². The fourth-order valence-electron chi connectivity index (χ4n) is 0.847. The molecule has 0 radical (unpaired) electrons. The van der Waals surface area contributed by atoms with Gasteiger partial charge < -0.3 is 4.18 Å². The standard InChI is InChI=1S/C5H5NO2S/c7-4-3-5-6(4)1-2-8-9-5/h1-2,5H,3H2/t5-/m1/s1. The molecule has 0 unspecified atom stereocenters. The van der Waals surface area contributed by atoms with E-state index in [1.54, 1.807) is 11.1 Å². The second-order valence-corrected chi connectivity index (χ2v) is 2.87. The summed E-state index contributed by atoms with van der Waals surface area (Å²) in [4.78, 5) is 12.3. The Morgan fingerprint density at radius 2 is 2.78 bits per heavy atom. The first-order valence-corrected chi connectivity index (χ1v) is 3.48. The van der Waals surface area contributed by atoms with Crippen LogP contribution in [0.2, 0.25) is 0 Å². The molecule has 3 nitrogen and oxygen atoms in total. The zero-order valence-electron chi connectivity index (χ0n) is 4.61. The van der Waals surface area contributed by atoms with Crippen LogP contribution in [0.1, 0.15) is 6.42 Å². The van der Waals surface area contributed by atoms with E-state index in [2.05, 4.69) is 0 Å². The number of rotatable bonds is 0. The lowest BCUT2D eigenvalue weighted by Gasteiger charge is -2.37. The van der Waals surface area contributed by atoms with E-state index in [0.717, 1.165) is 0 Å². The molecule has 0 saturated carbocycles. The monoisotopic (exact) mass is 143 g/mol. The van der Waals surface area contributed by atoms with Crippen LogP contribution in [0, 0.1) is 0 Å². The Hall–Kier alpha value is -0.640. The molecule has 2 aliphatic heterocycles. The van der Waals surface area contributed by atoms with Crippen molar-refractivity contribution in [3.63, 3.8) is 0 Å². The molecule has 2 rings (SSSR count). The molecule has 1 amide bonds. The Morgan fingerprint density at radius 3 is 3.33 bits per heavy atom. The average molecular weight is 143 g/mol. The van der Waals surface area contributed by atoms with Crippen molar-refractivity contribution < 1.29 is 8.98 Å². The summed E-state index contributed by atoms with van der Waals surface area (Å²) in [6.07, 6.45) is 3.82. The molecule has 0 spiro atoms. The number of β-lactam (4-membered cyclic amide) rings is 1. The molecule has 1 atom stereocenters. The zero-order chi connectivity index (χ0) is 6.27. The second kappa shape index (κ2) is 1.67. The molecule has 9 heavy (non-hydrogen) atoms. The van der Waals surface area contributed by atoms with Gasteiger partial charge in [0, 0.05) is 6.20 Å². The Bertz CT molecular complexity index is 180. The van der Waals surface area contributed by atoms with E-state index in [-0.39, 0.29) is 11.3 Å². The summed E-state index contributed by atoms with van der Waals surface area (Å²) in [6.45, 7) is 0. The van der Waals surface area contributed by atoms with Crippen LogP contribution in [0.3, 0.4) is 0 Å². The van der Waals surface area contributed by atoms with Crippen molar-refractivity contribution in [3.05, 3.63) is 12.5 Å². The van der Waals surface area contributed by atoms with Gasteiger partial charge in [-0.1, -0.05) is 0 Å². The molecule has 2 heterocycles. The van der Waals surface area contributed by atoms with Crippen LogP contribution >= 0.6 is 12.0 Å². The average Bonchev–Trinajstić information content (AvgIpc) is 1.86. The molecule has 2 aliphatic rings. The molecule has 0 aliphatic carbocycles. The van der Waals surface area contributed by atoms with Crippen molar-refractivity contribution in [2.24, 2.45) is 0 Å². The molecule has 0 aromatic rings. The Labute approximate surface area is 56.9 Å². The van der Waals surface area contributed by atoms with E-state index in [4.69, 9.17) is 4.18 Å². The van der Waals surface area contributed by atoms with Crippen molar-refractivity contribution in [2.45, 2.75) is 11.8 Å². The van der Waals surface area contributed by atoms with Crippen molar-refractivity contribution in [1.82, 2.24) is 4.90 Å². The molecule has 4 heteroatoms. The summed E-state index contributed by atoms with van der Waals surface area (Å²) in [7, 11) is 0. The number of hydrogen-bond acceptors (Lipinski definition) is 3. The zero-order valence-corrected chi connectivity index (χ0v) is 5.43. The van der Waals surface area contributed by atoms with Crippen LogP contribution in [0.15, 0.2) is 12.5 Å². The maximum absolute atomic E-state index is 10.7. The highest BCUT2D eigenvalue weighted by molar-refractivity contribution is 7.95. The van der Waals surface area contributed by atoms with Gasteiger partial charge in [0.2, 0.25) is 5.91 Å². The first-order chi connectivity index (χ1) is 4.38. The minimum absolute atomic E-state index is 0.187. The van der Waals surface area contributed by atoms with Crippen LogP contribution < -0.4 is 0 Å². The topological polar surface area (TPSA) is 29.5 Å². The van der Waals surface area contributed by atoms with Gasteiger partial charge in [-0.25, -0.2) is 0 Å². The lowest BCUT2D eigenvalue weighted by Crippen LogP contribution is -2.48. The quantitative estimate of drug-likeness (QED) is 0.369. The number of hydrogen-bond donors (Lipinski definition) is 0. The maximum atomic E-state index is 10.7. The first kappa shape index (κ1) is 5.17. The van der Waals surface area contributed by atoms with E-state index in [1.165, 1.54) is 18.3 Å². The highest BCUT2D eigenvalue weighted by Crippen LogP contribution is 2.33. The minimum atomic E-state index is 0.187. The molecule has 0 N–H and O–H groups in total. The van der Waals surface area contributed by atoms with Gasteiger partial charge in [0.05, 0.1) is 18.5 Å². The Kier molecular flexibility index (Phi) is 0.958. The van der Waals surface area contributed by atoms with Crippen LogP contribution in [-0.4, -0.2) is 16.2 Å². The summed E-state index contributed by atoms with van der Waals surface area (Å²) < 4.78 is 4.89. The van der Waals surface area contributed by atoms with Gasteiger partial charge in [-0.05, 0) is 0 Å². The second-order valence-electron chi connectivity index (χ2n) is 1.94. The molecular weight excluding hydrogens is 138 g/mol. The Balaban J connectivity index is 2.16. The SMILES string of the molecule is O=C1C[C@H]2SOC=CN12. The molecular formula is C5H5NO2S. The van der Waals surface area contributed by atoms with E-state index in [9.17, 15) is 4.79 Å². The molecule has 0 bridgehead atoms. The Morgan fingerprint density at radius 1 is 1.89 bits per heavy atom. The molecule has 0 aromatic carbocycles. The molecule has 48 valence electrons. The lowest BCUT2D eigenvalue weighted by molar-refractivity contribution is -0.138. The van der Waals surface area contributed by atoms with Crippen LogP contribution in [0.5, 0.6) is 0 Å². The fourth-order valence-corrected chi connectivity index (χ4v) is 1.58. The largest absolute Gasteiger partial charge is 0.430 e. The van der Waals surface area contributed by atoms with Crippen molar-refractivity contribution >= 4 is 17.9 Å². The number of fused-ring (bicyclic) bond motifs is 1. The van der Waals surface area contributed by atoms with Gasteiger partial charge in [-0.3, -0.25) is 9.69 Å². The number of carbonyl (C=O) groups excluding carboxylic acids is 1. The highest BCUT2D eigenvalue weighted by Gasteiger charge is 2.37.